The van der Waals surface area contributed by atoms with Crippen LogP contribution in [0.15, 0.2) is 0 Å². The topological polar surface area (TPSA) is 214 Å². The van der Waals surface area contributed by atoms with Crippen molar-refractivity contribution in [3.63, 3.8) is 0 Å². The zero-order valence-corrected chi connectivity index (χ0v) is 18.1. The summed E-state index contributed by atoms with van der Waals surface area (Å²) in [4.78, 5) is 59.0. The molecule has 0 fully saturated rings. The van der Waals surface area contributed by atoms with Crippen LogP contribution in [0.25, 0.3) is 0 Å². The normalized spacial score (nSPS) is 14.6. The van der Waals surface area contributed by atoms with E-state index in [1.807, 2.05) is 6.92 Å². The van der Waals surface area contributed by atoms with E-state index in [1.165, 1.54) is 0 Å². The number of hydrogen-bond acceptors (Lipinski definition) is 7. The highest BCUT2D eigenvalue weighted by Crippen LogP contribution is 2.10. The third-order valence-electron chi connectivity index (χ3n) is 4.79. The molecule has 0 aliphatic heterocycles. The van der Waals surface area contributed by atoms with Crippen LogP contribution in [-0.4, -0.2) is 71.1 Å². The van der Waals surface area contributed by atoms with E-state index in [0.717, 1.165) is 0 Å². The van der Waals surface area contributed by atoms with E-state index in [0.29, 0.717) is 32.2 Å². The summed E-state index contributed by atoms with van der Waals surface area (Å²) in [7, 11) is 0. The Balaban J connectivity index is 5.26. The maximum atomic E-state index is 12.8. The minimum absolute atomic E-state index is 0.244. The van der Waals surface area contributed by atoms with E-state index in [2.05, 4.69) is 16.0 Å². The van der Waals surface area contributed by atoms with Crippen LogP contribution in [0, 0.1) is 5.92 Å². The lowest BCUT2D eigenvalue weighted by atomic mass is 9.96. The largest absolute Gasteiger partial charge is 0.481 e. The molecule has 12 heteroatoms. The molecule has 3 amide bonds. The number of carboxylic acid groups (broad SMARTS) is 2. The Morgan fingerprint density at radius 3 is 2.06 bits per heavy atom. The van der Waals surface area contributed by atoms with E-state index in [-0.39, 0.29) is 12.3 Å². The highest BCUT2D eigenvalue weighted by Gasteiger charge is 2.31. The molecule has 0 aromatic rings. The van der Waals surface area contributed by atoms with Crippen LogP contribution in [-0.2, 0) is 24.0 Å². The Bertz CT molecular complexity index is 629. The standard InChI is InChI=1S/C19H35N5O7/c1-3-11(2)16(24-17(29)12(21)6-4-5-9-20)19(31)23-13(7-8-14(25)26)18(30)22-10-15(27)28/h11-13,16H,3-10,20-21H2,1-2H3,(H,22,30)(H,23,31)(H,24,29)(H,25,26)(H,27,28). The Kier molecular flexibility index (Phi) is 13.8. The predicted molar refractivity (Wildman–Crippen MR) is 112 cm³/mol. The van der Waals surface area contributed by atoms with Gasteiger partial charge in [0.25, 0.3) is 0 Å². The molecular formula is C19H35N5O7. The van der Waals surface area contributed by atoms with Crippen molar-refractivity contribution in [2.45, 2.75) is 70.5 Å². The molecule has 31 heavy (non-hydrogen) atoms. The number of nitrogens with two attached hydrogens (primary N) is 2. The summed E-state index contributed by atoms with van der Waals surface area (Å²) in [6.45, 7) is 3.36. The number of carbonyl (C=O) groups excluding carboxylic acids is 3. The van der Waals surface area contributed by atoms with E-state index in [9.17, 15) is 24.0 Å². The fraction of sp³-hybridized carbons (Fsp3) is 0.737. The van der Waals surface area contributed by atoms with E-state index in [1.54, 1.807) is 6.92 Å². The molecule has 4 atom stereocenters. The zero-order valence-electron chi connectivity index (χ0n) is 18.1. The van der Waals surface area contributed by atoms with Gasteiger partial charge in [0.15, 0.2) is 0 Å². The average Bonchev–Trinajstić information content (AvgIpc) is 2.71. The van der Waals surface area contributed by atoms with Gasteiger partial charge in [0, 0.05) is 6.42 Å². The van der Waals surface area contributed by atoms with Crippen molar-refractivity contribution in [3.8, 4) is 0 Å². The summed E-state index contributed by atoms with van der Waals surface area (Å²) in [6, 6.07) is -3.10. The maximum Gasteiger partial charge on any atom is 0.322 e. The average molecular weight is 446 g/mol. The molecule has 0 aliphatic carbocycles. The van der Waals surface area contributed by atoms with Gasteiger partial charge in [-0.2, -0.15) is 0 Å². The van der Waals surface area contributed by atoms with Gasteiger partial charge in [-0.15, -0.1) is 0 Å². The van der Waals surface area contributed by atoms with E-state index in [4.69, 9.17) is 21.7 Å². The summed E-state index contributed by atoms with van der Waals surface area (Å²) in [5, 5.41) is 24.7. The van der Waals surface area contributed by atoms with E-state index >= 15 is 0 Å². The first-order valence-corrected chi connectivity index (χ1v) is 10.3. The number of carboxylic acids is 2. The van der Waals surface area contributed by atoms with Gasteiger partial charge in [-0.25, -0.2) is 0 Å². The van der Waals surface area contributed by atoms with Crippen molar-refractivity contribution in [3.05, 3.63) is 0 Å². The molecule has 0 saturated carbocycles. The molecule has 178 valence electrons. The molecule has 0 aromatic carbocycles. The lowest BCUT2D eigenvalue weighted by molar-refractivity contribution is -0.140. The van der Waals surface area contributed by atoms with Crippen molar-refractivity contribution in [1.82, 2.24) is 16.0 Å². The quantitative estimate of drug-likeness (QED) is 0.138. The van der Waals surface area contributed by atoms with Crippen molar-refractivity contribution < 1.29 is 34.2 Å². The molecule has 0 spiro atoms. The second-order valence-electron chi connectivity index (χ2n) is 7.37. The molecular weight excluding hydrogens is 410 g/mol. The first-order chi connectivity index (χ1) is 14.5. The number of rotatable bonds is 16. The second-order valence-corrected chi connectivity index (χ2v) is 7.37. The highest BCUT2D eigenvalue weighted by atomic mass is 16.4. The Labute approximate surface area is 181 Å². The Morgan fingerprint density at radius 1 is 0.903 bits per heavy atom. The van der Waals surface area contributed by atoms with Crippen molar-refractivity contribution in [2.24, 2.45) is 17.4 Å². The smallest absolute Gasteiger partial charge is 0.322 e. The molecule has 0 aliphatic rings. The van der Waals surface area contributed by atoms with Crippen LogP contribution in [0.5, 0.6) is 0 Å². The number of nitrogens with one attached hydrogen (secondary N) is 3. The van der Waals surface area contributed by atoms with E-state index < -0.39 is 60.8 Å². The Morgan fingerprint density at radius 2 is 1.55 bits per heavy atom. The summed E-state index contributed by atoms with van der Waals surface area (Å²) >= 11 is 0. The molecule has 9 N–H and O–H groups in total. The highest BCUT2D eigenvalue weighted by molar-refractivity contribution is 5.94. The van der Waals surface area contributed by atoms with Gasteiger partial charge in [0.05, 0.1) is 6.04 Å². The first-order valence-electron chi connectivity index (χ1n) is 10.3. The van der Waals surface area contributed by atoms with Gasteiger partial charge in [0.1, 0.15) is 18.6 Å². The van der Waals surface area contributed by atoms with Crippen molar-refractivity contribution >= 4 is 29.7 Å². The lowest BCUT2D eigenvalue weighted by Gasteiger charge is -2.27. The van der Waals surface area contributed by atoms with Crippen LogP contribution in [0.3, 0.4) is 0 Å². The number of carbonyl (C=O) groups is 5. The molecule has 4 unspecified atom stereocenters. The maximum absolute atomic E-state index is 12.8. The van der Waals surface area contributed by atoms with Gasteiger partial charge in [-0.1, -0.05) is 26.7 Å². The van der Waals surface area contributed by atoms with Gasteiger partial charge in [-0.3, -0.25) is 24.0 Å². The molecule has 0 bridgehead atoms. The van der Waals surface area contributed by atoms with Crippen molar-refractivity contribution in [1.29, 1.82) is 0 Å². The van der Waals surface area contributed by atoms with Gasteiger partial charge < -0.3 is 37.6 Å². The molecule has 0 heterocycles. The van der Waals surface area contributed by atoms with Crippen LogP contribution in [0.4, 0.5) is 0 Å². The molecule has 0 aromatic heterocycles. The minimum Gasteiger partial charge on any atom is -0.481 e. The Hall–Kier alpha value is -2.73. The van der Waals surface area contributed by atoms with Crippen LogP contribution in [0.2, 0.25) is 0 Å². The lowest BCUT2D eigenvalue weighted by Crippen LogP contribution is -2.57. The second kappa shape index (κ2) is 15.1. The zero-order chi connectivity index (χ0) is 24.0. The number of unbranched alkanes of at least 4 members (excludes halogenated alkanes) is 1. The van der Waals surface area contributed by atoms with Gasteiger partial charge in [0.2, 0.25) is 17.7 Å². The molecule has 0 saturated heterocycles. The van der Waals surface area contributed by atoms with Crippen LogP contribution >= 0.6 is 0 Å². The fourth-order valence-corrected chi connectivity index (χ4v) is 2.69. The number of hydrogen-bond donors (Lipinski definition) is 7. The molecule has 0 radical (unpaired) electrons. The first kappa shape index (κ1) is 28.3. The number of amides is 3. The minimum atomic E-state index is -1.29. The fourth-order valence-electron chi connectivity index (χ4n) is 2.69. The predicted octanol–water partition coefficient (Wildman–Crippen LogP) is -1.48. The van der Waals surface area contributed by atoms with Crippen LogP contribution < -0.4 is 27.4 Å². The summed E-state index contributed by atoms with van der Waals surface area (Å²) in [5.74, 6) is -4.80. The van der Waals surface area contributed by atoms with Gasteiger partial charge >= 0.3 is 11.9 Å². The summed E-state index contributed by atoms with van der Waals surface area (Å²) in [5.41, 5.74) is 11.3. The van der Waals surface area contributed by atoms with Crippen LogP contribution in [0.1, 0.15) is 52.4 Å². The summed E-state index contributed by atoms with van der Waals surface area (Å²) in [6.07, 6.45) is 1.64. The monoisotopic (exact) mass is 445 g/mol. The molecule has 12 nitrogen and oxygen atoms in total. The number of aliphatic carboxylic acids is 2. The third-order valence-corrected chi connectivity index (χ3v) is 4.79. The summed E-state index contributed by atoms with van der Waals surface area (Å²) < 4.78 is 0. The SMILES string of the molecule is CCC(C)C(NC(=O)C(N)CCCCN)C(=O)NC(CCC(=O)O)C(=O)NCC(=O)O. The third kappa shape index (κ3) is 11.9. The van der Waals surface area contributed by atoms with Gasteiger partial charge in [-0.05, 0) is 31.7 Å². The van der Waals surface area contributed by atoms with Crippen molar-refractivity contribution in [2.75, 3.05) is 13.1 Å². The molecule has 0 rings (SSSR count).